The molecule has 3 heterocycles. The van der Waals surface area contributed by atoms with Gasteiger partial charge in [-0.1, -0.05) is 65.5 Å². The summed E-state index contributed by atoms with van der Waals surface area (Å²) in [5.41, 5.74) is -1.88. The van der Waals surface area contributed by atoms with E-state index in [1.54, 1.807) is 22.0 Å². The predicted octanol–water partition coefficient (Wildman–Crippen LogP) is 4.32. The summed E-state index contributed by atoms with van der Waals surface area (Å²) < 4.78 is 7.03. The highest BCUT2D eigenvalue weighted by Crippen LogP contribution is 2.65. The number of carbonyl (C=O) groups is 3. The average molecular weight is 572 g/mol. The lowest BCUT2D eigenvalue weighted by atomic mass is 9.64. The highest BCUT2D eigenvalue weighted by atomic mass is 16.5. The molecule has 2 bridgehead atoms. The van der Waals surface area contributed by atoms with Gasteiger partial charge in [0.05, 0.1) is 30.1 Å². The molecule has 8 heteroatoms. The number of rotatable bonds is 14. The minimum absolute atomic E-state index is 0.0270. The van der Waals surface area contributed by atoms with Crippen LogP contribution < -0.4 is 0 Å². The van der Waals surface area contributed by atoms with Crippen molar-refractivity contribution in [2.75, 3.05) is 26.2 Å². The maximum absolute atomic E-state index is 14.9. The fourth-order valence-corrected chi connectivity index (χ4v) is 8.50. The Labute approximate surface area is 247 Å². The third-order valence-corrected chi connectivity index (χ3v) is 10.7. The number of nitrogens with zero attached hydrogens (tertiary/aromatic N) is 3. The van der Waals surface area contributed by atoms with Crippen molar-refractivity contribution in [1.82, 2.24) is 14.7 Å². The third kappa shape index (κ3) is 5.17. The summed E-state index contributed by atoms with van der Waals surface area (Å²) in [6.45, 7) is 17.1. The summed E-state index contributed by atoms with van der Waals surface area (Å²) in [5.74, 6) is -1.86. The Hall–Kier alpha value is -2.19. The van der Waals surface area contributed by atoms with Crippen molar-refractivity contribution in [2.24, 2.45) is 17.8 Å². The summed E-state index contributed by atoms with van der Waals surface area (Å²) in [4.78, 5) is 49.3. The van der Waals surface area contributed by atoms with Gasteiger partial charge >= 0.3 is 0 Å². The van der Waals surface area contributed by atoms with E-state index < -0.39 is 35.1 Å². The van der Waals surface area contributed by atoms with Crippen LogP contribution in [-0.4, -0.2) is 93.1 Å². The topological polar surface area (TPSA) is 90.4 Å². The van der Waals surface area contributed by atoms with E-state index >= 15 is 0 Å². The number of amides is 3. The fourth-order valence-electron chi connectivity index (χ4n) is 8.50. The standard InChI is InChI=1S/C33H53N3O5/c1-7-19-34(20-8-2)29(38)26-27-30(39)36(25(22-37)23(6)10-4)28(33(27)18-17-32(26,11-5)41-33)31(40)35(21-9-3)24-15-13-12-14-16-24/h7,9,23-28,37H,1,3,8,10-22H2,2,4-6H3/t23-,25-,26+,27-,28?,32-,33?/m0/s1. The third-order valence-electron chi connectivity index (χ3n) is 10.7. The molecule has 41 heavy (non-hydrogen) atoms. The van der Waals surface area contributed by atoms with Crippen LogP contribution in [0.4, 0.5) is 0 Å². The molecule has 1 saturated carbocycles. The Morgan fingerprint density at radius 3 is 2.34 bits per heavy atom. The molecule has 8 nitrogen and oxygen atoms in total. The SMILES string of the molecule is C=CCN(CCC)C(=O)[C@H]1[C@H]2C(=O)N([C@@H](CO)[C@@H](C)CC)C(C(=O)N(CC=C)C3CCCCC3)C23CC[C@]1(CC)O3. The number of hydrogen-bond donors (Lipinski definition) is 1. The molecule has 1 N–H and O–H groups in total. The van der Waals surface area contributed by atoms with E-state index in [-0.39, 0.29) is 36.3 Å². The first-order valence-electron chi connectivity index (χ1n) is 16.2. The number of aliphatic hydroxyl groups excluding tert-OH is 1. The second kappa shape index (κ2) is 13.0. The molecule has 0 aromatic heterocycles. The number of carbonyl (C=O) groups excluding carboxylic acids is 3. The Kier molecular flexibility index (Phi) is 10.1. The van der Waals surface area contributed by atoms with Crippen molar-refractivity contribution in [3.8, 4) is 0 Å². The highest BCUT2D eigenvalue weighted by Gasteiger charge is 2.79. The molecule has 3 aliphatic heterocycles. The van der Waals surface area contributed by atoms with Crippen molar-refractivity contribution in [2.45, 2.75) is 121 Å². The zero-order valence-electron chi connectivity index (χ0n) is 25.9. The number of aliphatic hydroxyl groups is 1. The van der Waals surface area contributed by atoms with E-state index in [0.29, 0.717) is 38.9 Å². The molecule has 4 rings (SSSR count). The largest absolute Gasteiger partial charge is 0.394 e. The van der Waals surface area contributed by atoms with Gasteiger partial charge in [0.15, 0.2) is 0 Å². The number of ether oxygens (including phenoxy) is 1. The molecule has 1 aliphatic carbocycles. The lowest BCUT2D eigenvalue weighted by Gasteiger charge is -2.43. The minimum Gasteiger partial charge on any atom is -0.394 e. The molecule has 0 aromatic rings. The molecule has 2 unspecified atom stereocenters. The van der Waals surface area contributed by atoms with Gasteiger partial charge in [0.2, 0.25) is 17.7 Å². The van der Waals surface area contributed by atoms with E-state index in [1.807, 2.05) is 32.6 Å². The van der Waals surface area contributed by atoms with E-state index in [0.717, 1.165) is 44.9 Å². The van der Waals surface area contributed by atoms with Crippen LogP contribution >= 0.6 is 0 Å². The number of fused-ring (bicyclic) bond motifs is 1. The zero-order valence-corrected chi connectivity index (χ0v) is 25.9. The quantitative estimate of drug-likeness (QED) is 0.314. The van der Waals surface area contributed by atoms with Gasteiger partial charge in [-0.25, -0.2) is 0 Å². The maximum Gasteiger partial charge on any atom is 0.248 e. The molecular weight excluding hydrogens is 518 g/mol. The number of likely N-dealkylation sites (tertiary alicyclic amines) is 1. The van der Waals surface area contributed by atoms with Crippen molar-refractivity contribution in [3.63, 3.8) is 0 Å². The summed E-state index contributed by atoms with van der Waals surface area (Å²) >= 11 is 0. The Morgan fingerprint density at radius 2 is 1.78 bits per heavy atom. The molecule has 0 aromatic carbocycles. The van der Waals surface area contributed by atoms with Crippen molar-refractivity contribution in [3.05, 3.63) is 25.3 Å². The second-order valence-corrected chi connectivity index (χ2v) is 12.9. The van der Waals surface area contributed by atoms with Gasteiger partial charge in [-0.05, 0) is 44.4 Å². The molecular formula is C33H53N3O5. The fraction of sp³-hybridized carbons (Fsp3) is 0.788. The molecule has 4 fully saturated rings. The van der Waals surface area contributed by atoms with Crippen molar-refractivity contribution < 1.29 is 24.2 Å². The molecule has 1 spiro atoms. The molecule has 3 saturated heterocycles. The van der Waals surface area contributed by atoms with Crippen LogP contribution in [0, 0.1) is 17.8 Å². The van der Waals surface area contributed by atoms with Crippen LogP contribution in [0.2, 0.25) is 0 Å². The number of hydrogen-bond acceptors (Lipinski definition) is 5. The summed E-state index contributed by atoms with van der Waals surface area (Å²) in [5, 5.41) is 10.7. The van der Waals surface area contributed by atoms with Crippen molar-refractivity contribution in [1.29, 1.82) is 0 Å². The van der Waals surface area contributed by atoms with Crippen LogP contribution in [0.15, 0.2) is 25.3 Å². The van der Waals surface area contributed by atoms with Crippen LogP contribution in [0.5, 0.6) is 0 Å². The summed E-state index contributed by atoms with van der Waals surface area (Å²) in [6.07, 6.45) is 12.0. The molecule has 3 amide bonds. The summed E-state index contributed by atoms with van der Waals surface area (Å²) in [6, 6.07) is -1.32. The van der Waals surface area contributed by atoms with E-state index in [2.05, 4.69) is 13.2 Å². The van der Waals surface area contributed by atoms with Crippen molar-refractivity contribution >= 4 is 17.7 Å². The maximum atomic E-state index is 14.9. The van der Waals surface area contributed by atoms with E-state index in [1.165, 1.54) is 0 Å². The normalized spacial score (nSPS) is 32.5. The molecule has 0 radical (unpaired) electrons. The Bertz CT molecular complexity index is 995. The van der Waals surface area contributed by atoms with Gasteiger partial charge in [-0.15, -0.1) is 13.2 Å². The lowest BCUT2D eigenvalue weighted by molar-refractivity contribution is -0.160. The smallest absolute Gasteiger partial charge is 0.248 e. The van der Waals surface area contributed by atoms with Gasteiger partial charge in [0, 0.05) is 25.7 Å². The lowest BCUT2D eigenvalue weighted by Crippen LogP contribution is -2.61. The van der Waals surface area contributed by atoms with E-state index in [9.17, 15) is 19.5 Å². The monoisotopic (exact) mass is 571 g/mol. The molecule has 230 valence electrons. The van der Waals surface area contributed by atoms with Gasteiger partial charge in [0.1, 0.15) is 11.6 Å². The Morgan fingerprint density at radius 1 is 1.10 bits per heavy atom. The zero-order chi connectivity index (χ0) is 29.9. The van der Waals surface area contributed by atoms with Gasteiger partial charge < -0.3 is 24.5 Å². The Balaban J connectivity index is 1.85. The molecule has 4 aliphatic rings. The van der Waals surface area contributed by atoms with E-state index in [4.69, 9.17) is 4.74 Å². The van der Waals surface area contributed by atoms with Gasteiger partial charge in [-0.3, -0.25) is 14.4 Å². The van der Waals surface area contributed by atoms with Crippen LogP contribution in [0.25, 0.3) is 0 Å². The van der Waals surface area contributed by atoms with Crippen LogP contribution in [0.3, 0.4) is 0 Å². The van der Waals surface area contributed by atoms with Gasteiger partial charge in [-0.2, -0.15) is 0 Å². The summed E-state index contributed by atoms with van der Waals surface area (Å²) in [7, 11) is 0. The first-order chi connectivity index (χ1) is 19.7. The van der Waals surface area contributed by atoms with Crippen LogP contribution in [0.1, 0.15) is 91.9 Å². The van der Waals surface area contributed by atoms with Gasteiger partial charge in [0.25, 0.3) is 0 Å². The molecule has 7 atom stereocenters. The average Bonchev–Trinajstić information content (AvgIpc) is 3.59. The minimum atomic E-state index is -1.09. The highest BCUT2D eigenvalue weighted by molar-refractivity contribution is 5.99. The second-order valence-electron chi connectivity index (χ2n) is 12.9. The first-order valence-corrected chi connectivity index (χ1v) is 16.2. The predicted molar refractivity (Wildman–Crippen MR) is 160 cm³/mol. The van der Waals surface area contributed by atoms with Crippen LogP contribution in [-0.2, 0) is 19.1 Å². The first kappa shape index (κ1) is 31.7.